The van der Waals surface area contributed by atoms with Crippen molar-refractivity contribution in [1.29, 1.82) is 0 Å². The van der Waals surface area contributed by atoms with Crippen LogP contribution in [0.3, 0.4) is 0 Å². The van der Waals surface area contributed by atoms with Gasteiger partial charge in [0.05, 0.1) is 23.7 Å². The molecule has 0 fully saturated rings. The molecule has 1 aliphatic rings. The van der Waals surface area contributed by atoms with E-state index in [1.165, 1.54) is 24.4 Å². The number of nitro benzene ring substituents is 1. The minimum absolute atomic E-state index is 0.127. The third kappa shape index (κ3) is 3.79. The number of allylic oxidation sites excluding steroid dienone is 1. The van der Waals surface area contributed by atoms with Gasteiger partial charge in [-0.1, -0.05) is 18.2 Å². The Kier molecular flexibility index (Phi) is 6.21. The van der Waals surface area contributed by atoms with Gasteiger partial charge in [0.15, 0.2) is 0 Å². The van der Waals surface area contributed by atoms with Gasteiger partial charge in [-0.3, -0.25) is 19.9 Å². The smallest absolute Gasteiger partial charge is 0.336 e. The third-order valence-electron chi connectivity index (χ3n) is 4.01. The van der Waals surface area contributed by atoms with Gasteiger partial charge in [0.25, 0.3) is 5.69 Å². The first kappa shape index (κ1) is 19.3. The van der Waals surface area contributed by atoms with E-state index < -0.39 is 28.7 Å². The van der Waals surface area contributed by atoms with Crippen molar-refractivity contribution in [3.63, 3.8) is 0 Å². The van der Waals surface area contributed by atoms with Crippen LogP contribution < -0.4 is 0 Å². The maximum atomic E-state index is 12.5. The number of carbonyl (C=O) groups is 2. The fourth-order valence-corrected chi connectivity index (χ4v) is 2.94. The highest BCUT2D eigenvalue weighted by Gasteiger charge is 2.42. The first-order valence-corrected chi connectivity index (χ1v) is 8.24. The van der Waals surface area contributed by atoms with Crippen LogP contribution in [0.5, 0.6) is 0 Å². The number of rotatable bonds is 6. The van der Waals surface area contributed by atoms with E-state index in [2.05, 4.69) is 4.99 Å². The highest BCUT2D eigenvalue weighted by atomic mass is 16.6. The first-order chi connectivity index (χ1) is 12.4. The van der Waals surface area contributed by atoms with Crippen LogP contribution in [-0.2, 0) is 19.1 Å². The van der Waals surface area contributed by atoms with E-state index in [0.717, 1.165) is 0 Å². The van der Waals surface area contributed by atoms with Gasteiger partial charge < -0.3 is 9.47 Å². The molecule has 0 amide bonds. The molecule has 0 radical (unpaired) electrons. The van der Waals surface area contributed by atoms with Crippen molar-refractivity contribution in [3.05, 3.63) is 51.2 Å². The number of benzene rings is 1. The SMILES string of the molecule is CCOC(=O)C1=C(C)N=CC(C(=O)OCC)C1c1ccccc1[N+](=O)[O-]. The second-order valence-corrected chi connectivity index (χ2v) is 5.57. The van der Waals surface area contributed by atoms with Crippen LogP contribution in [-0.4, -0.2) is 36.3 Å². The predicted molar refractivity (Wildman–Crippen MR) is 93.8 cm³/mol. The van der Waals surface area contributed by atoms with Crippen LogP contribution in [0.1, 0.15) is 32.3 Å². The maximum absolute atomic E-state index is 12.5. The highest BCUT2D eigenvalue weighted by molar-refractivity contribution is 6.00. The Labute approximate surface area is 150 Å². The molecule has 0 aliphatic carbocycles. The van der Waals surface area contributed by atoms with Gasteiger partial charge in [-0.2, -0.15) is 0 Å². The second-order valence-electron chi connectivity index (χ2n) is 5.57. The lowest BCUT2D eigenvalue weighted by Crippen LogP contribution is -2.33. The van der Waals surface area contributed by atoms with Crippen molar-refractivity contribution in [2.75, 3.05) is 13.2 Å². The molecule has 1 aromatic carbocycles. The van der Waals surface area contributed by atoms with Gasteiger partial charge in [0, 0.05) is 29.5 Å². The first-order valence-electron chi connectivity index (χ1n) is 8.24. The van der Waals surface area contributed by atoms with E-state index in [1.54, 1.807) is 26.8 Å². The van der Waals surface area contributed by atoms with E-state index in [4.69, 9.17) is 9.47 Å². The molecule has 0 saturated carbocycles. The normalized spacial score (nSPS) is 19.2. The molecule has 0 N–H and O–H groups in total. The van der Waals surface area contributed by atoms with E-state index in [0.29, 0.717) is 5.70 Å². The molecule has 0 aromatic heterocycles. The molecule has 2 atom stereocenters. The molecule has 8 heteroatoms. The standard InChI is InChI=1S/C18H20N2O6/c1-4-25-17(21)13-10-19-11(3)15(18(22)26-5-2)16(13)12-8-6-7-9-14(12)20(23)24/h6-10,13,16H,4-5H2,1-3H3. The van der Waals surface area contributed by atoms with E-state index >= 15 is 0 Å². The number of aliphatic imine (C=N–C) groups is 1. The van der Waals surface area contributed by atoms with Crippen molar-refractivity contribution in [2.24, 2.45) is 10.9 Å². The topological polar surface area (TPSA) is 108 Å². The van der Waals surface area contributed by atoms with Crippen molar-refractivity contribution >= 4 is 23.8 Å². The Bertz CT molecular complexity index is 784. The van der Waals surface area contributed by atoms with Crippen LogP contribution in [0.15, 0.2) is 40.5 Å². The summed E-state index contributed by atoms with van der Waals surface area (Å²) in [6, 6.07) is 6.01. The number of carbonyl (C=O) groups excluding carboxylic acids is 2. The molecule has 0 saturated heterocycles. The molecule has 2 unspecified atom stereocenters. The molecule has 1 heterocycles. The summed E-state index contributed by atoms with van der Waals surface area (Å²) >= 11 is 0. The van der Waals surface area contributed by atoms with Gasteiger partial charge >= 0.3 is 11.9 Å². The molecule has 1 aliphatic heterocycles. The third-order valence-corrected chi connectivity index (χ3v) is 4.01. The zero-order valence-electron chi connectivity index (χ0n) is 14.8. The van der Waals surface area contributed by atoms with E-state index in [1.807, 2.05) is 0 Å². The number of nitro groups is 1. The average Bonchev–Trinajstić information content (AvgIpc) is 2.61. The molecule has 26 heavy (non-hydrogen) atoms. The summed E-state index contributed by atoms with van der Waals surface area (Å²) in [5.41, 5.74) is 0.537. The van der Waals surface area contributed by atoms with Gasteiger partial charge in [-0.15, -0.1) is 0 Å². The molecule has 0 bridgehead atoms. The summed E-state index contributed by atoms with van der Waals surface area (Å²) in [6.07, 6.45) is 1.37. The summed E-state index contributed by atoms with van der Waals surface area (Å²) in [5, 5.41) is 11.5. The number of esters is 2. The predicted octanol–water partition coefficient (Wildman–Crippen LogP) is 2.78. The van der Waals surface area contributed by atoms with Crippen molar-refractivity contribution in [3.8, 4) is 0 Å². The quantitative estimate of drug-likeness (QED) is 0.438. The van der Waals surface area contributed by atoms with Crippen molar-refractivity contribution in [2.45, 2.75) is 26.7 Å². The minimum Gasteiger partial charge on any atom is -0.465 e. The number of nitrogens with zero attached hydrogens (tertiary/aromatic N) is 2. The van der Waals surface area contributed by atoms with Crippen molar-refractivity contribution < 1.29 is 24.0 Å². The molecule has 2 rings (SSSR count). The lowest BCUT2D eigenvalue weighted by atomic mass is 9.78. The number of ether oxygens (including phenoxy) is 2. The second kappa shape index (κ2) is 8.37. The van der Waals surface area contributed by atoms with Crippen LogP contribution in [0.25, 0.3) is 0 Å². The Morgan fingerprint density at radius 1 is 1.19 bits per heavy atom. The fraction of sp³-hybridized carbons (Fsp3) is 0.389. The van der Waals surface area contributed by atoms with Crippen LogP contribution in [0.4, 0.5) is 5.69 Å². The molecule has 1 aromatic rings. The van der Waals surface area contributed by atoms with Crippen LogP contribution >= 0.6 is 0 Å². The molecule has 8 nitrogen and oxygen atoms in total. The zero-order chi connectivity index (χ0) is 19.3. The largest absolute Gasteiger partial charge is 0.465 e. The molecular formula is C18H20N2O6. The van der Waals surface area contributed by atoms with Gasteiger partial charge in [-0.05, 0) is 20.8 Å². The summed E-state index contributed by atoms with van der Waals surface area (Å²) in [5.74, 6) is -3.13. The summed E-state index contributed by atoms with van der Waals surface area (Å²) in [6.45, 7) is 5.19. The van der Waals surface area contributed by atoms with E-state index in [9.17, 15) is 19.7 Å². The molecule has 138 valence electrons. The maximum Gasteiger partial charge on any atom is 0.336 e. The fourth-order valence-electron chi connectivity index (χ4n) is 2.94. The summed E-state index contributed by atoms with van der Waals surface area (Å²) in [4.78, 5) is 40.0. The van der Waals surface area contributed by atoms with Gasteiger partial charge in [-0.25, -0.2) is 4.79 Å². The Morgan fingerprint density at radius 3 is 2.46 bits per heavy atom. The Morgan fingerprint density at radius 2 is 1.85 bits per heavy atom. The van der Waals surface area contributed by atoms with Crippen molar-refractivity contribution in [1.82, 2.24) is 0 Å². The number of para-hydroxylation sites is 1. The summed E-state index contributed by atoms with van der Waals surface area (Å²) < 4.78 is 10.2. The Hall–Kier alpha value is -3.03. The number of hydrogen-bond donors (Lipinski definition) is 0. The molecule has 0 spiro atoms. The molecular weight excluding hydrogens is 340 g/mol. The zero-order valence-corrected chi connectivity index (χ0v) is 14.8. The minimum atomic E-state index is -0.959. The lowest BCUT2D eigenvalue weighted by Gasteiger charge is -2.28. The summed E-state index contributed by atoms with van der Waals surface area (Å²) in [7, 11) is 0. The highest BCUT2D eigenvalue weighted by Crippen LogP contribution is 2.41. The Balaban J connectivity index is 2.66. The lowest BCUT2D eigenvalue weighted by molar-refractivity contribution is -0.385. The average molecular weight is 360 g/mol. The monoisotopic (exact) mass is 360 g/mol. The van der Waals surface area contributed by atoms with Gasteiger partial charge in [0.2, 0.25) is 0 Å². The van der Waals surface area contributed by atoms with E-state index in [-0.39, 0.29) is 30.0 Å². The van der Waals surface area contributed by atoms with Crippen LogP contribution in [0.2, 0.25) is 0 Å². The number of hydrogen-bond acceptors (Lipinski definition) is 7. The van der Waals surface area contributed by atoms with Crippen LogP contribution in [0, 0.1) is 16.0 Å². The van der Waals surface area contributed by atoms with Gasteiger partial charge in [0.1, 0.15) is 5.92 Å².